The smallest absolute Gasteiger partial charge is 0.146 e. The van der Waals surface area contributed by atoms with Crippen molar-refractivity contribution in [3.8, 4) is 0 Å². The highest BCUT2D eigenvalue weighted by atomic mass is 35.5. The fraction of sp³-hybridized carbons (Fsp3) is 0.200. The molecule has 2 N–H and O–H groups in total. The molecule has 0 aliphatic heterocycles. The Balaban J connectivity index is 2.33. The normalized spacial score (nSPS) is 13.9. The third-order valence-corrected chi connectivity index (χ3v) is 3.33. The second kappa shape index (κ2) is 5.59. The van der Waals surface area contributed by atoms with Gasteiger partial charge in [-0.15, -0.1) is 0 Å². The Kier molecular flexibility index (Phi) is 4.08. The number of hydrogen-bond acceptors (Lipinski definition) is 2. The van der Waals surface area contributed by atoms with Crippen LogP contribution in [0.4, 0.5) is 10.1 Å². The topological polar surface area (TPSA) is 32.3 Å². The quantitative estimate of drug-likeness (QED) is 0.892. The molecule has 0 saturated carbocycles. The molecule has 0 radical (unpaired) electrons. The van der Waals surface area contributed by atoms with E-state index in [1.54, 1.807) is 30.3 Å². The lowest BCUT2D eigenvalue weighted by Crippen LogP contribution is -2.36. The maximum absolute atomic E-state index is 13.7. The van der Waals surface area contributed by atoms with Gasteiger partial charge in [0.15, 0.2) is 0 Å². The Morgan fingerprint density at radius 1 is 1.16 bits per heavy atom. The van der Waals surface area contributed by atoms with E-state index < -0.39 is 5.54 Å². The molecule has 0 aliphatic rings. The van der Waals surface area contributed by atoms with Gasteiger partial charge in [-0.25, -0.2) is 4.39 Å². The van der Waals surface area contributed by atoms with Crippen LogP contribution in [-0.4, -0.2) is 11.7 Å². The molecule has 0 bridgehead atoms. The Labute approximate surface area is 116 Å². The molecule has 0 aromatic heterocycles. The number of aliphatic hydroxyl groups is 1. The predicted molar refractivity (Wildman–Crippen MR) is 75.9 cm³/mol. The summed E-state index contributed by atoms with van der Waals surface area (Å²) >= 11 is 5.85. The number of para-hydroxylation sites is 1. The minimum Gasteiger partial charge on any atom is -0.394 e. The van der Waals surface area contributed by atoms with Gasteiger partial charge in [-0.2, -0.15) is 0 Å². The molecule has 19 heavy (non-hydrogen) atoms. The van der Waals surface area contributed by atoms with E-state index in [1.165, 1.54) is 6.07 Å². The summed E-state index contributed by atoms with van der Waals surface area (Å²) in [4.78, 5) is 0. The highest BCUT2D eigenvalue weighted by Gasteiger charge is 2.26. The van der Waals surface area contributed by atoms with Crippen molar-refractivity contribution in [1.29, 1.82) is 0 Å². The van der Waals surface area contributed by atoms with Crippen molar-refractivity contribution in [2.75, 3.05) is 11.9 Å². The summed E-state index contributed by atoms with van der Waals surface area (Å²) < 4.78 is 13.7. The van der Waals surface area contributed by atoms with Crippen molar-refractivity contribution in [2.24, 2.45) is 0 Å². The van der Waals surface area contributed by atoms with Crippen LogP contribution < -0.4 is 5.32 Å². The van der Waals surface area contributed by atoms with Crippen molar-refractivity contribution in [3.63, 3.8) is 0 Å². The number of aliphatic hydroxyl groups excluding tert-OH is 1. The summed E-state index contributed by atoms with van der Waals surface area (Å²) in [5.41, 5.74) is 0.420. The molecule has 4 heteroatoms. The molecule has 0 fully saturated rings. The third-order valence-electron chi connectivity index (χ3n) is 3.08. The molecule has 0 aliphatic carbocycles. The highest BCUT2D eigenvalue weighted by molar-refractivity contribution is 6.30. The lowest BCUT2D eigenvalue weighted by atomic mass is 9.92. The molecule has 1 unspecified atom stereocenters. The second-order valence-corrected chi connectivity index (χ2v) is 5.04. The predicted octanol–water partition coefficient (Wildman–Crippen LogP) is 3.80. The molecule has 2 aromatic carbocycles. The zero-order chi connectivity index (χ0) is 13.9. The standard InChI is InChI=1S/C15H15ClFNO/c1-15(10-19,11-6-8-12(16)9-7-11)18-14-5-3-2-4-13(14)17/h2-9,18-19H,10H2,1H3. The van der Waals surface area contributed by atoms with Gasteiger partial charge >= 0.3 is 0 Å². The van der Waals surface area contributed by atoms with Crippen LogP contribution in [-0.2, 0) is 5.54 Å². The summed E-state index contributed by atoms with van der Waals surface area (Å²) in [6, 6.07) is 13.5. The van der Waals surface area contributed by atoms with E-state index in [2.05, 4.69) is 5.32 Å². The van der Waals surface area contributed by atoms with E-state index in [9.17, 15) is 9.50 Å². The SMILES string of the molecule is CC(CO)(Nc1ccccc1F)c1ccc(Cl)cc1. The van der Waals surface area contributed by atoms with Crippen molar-refractivity contribution in [3.05, 3.63) is 64.9 Å². The van der Waals surface area contributed by atoms with Crippen LogP contribution >= 0.6 is 11.6 Å². The summed E-state index contributed by atoms with van der Waals surface area (Å²) in [5.74, 6) is -0.351. The van der Waals surface area contributed by atoms with Crippen LogP contribution in [0.25, 0.3) is 0 Å². The molecule has 0 spiro atoms. The maximum atomic E-state index is 13.7. The zero-order valence-corrected chi connectivity index (χ0v) is 11.3. The average molecular weight is 280 g/mol. The first-order valence-corrected chi connectivity index (χ1v) is 6.32. The van der Waals surface area contributed by atoms with Crippen molar-refractivity contribution >= 4 is 17.3 Å². The van der Waals surface area contributed by atoms with Gasteiger partial charge in [-0.3, -0.25) is 0 Å². The minimum absolute atomic E-state index is 0.164. The largest absolute Gasteiger partial charge is 0.394 e. The van der Waals surface area contributed by atoms with Gasteiger partial charge in [0.2, 0.25) is 0 Å². The van der Waals surface area contributed by atoms with E-state index in [0.29, 0.717) is 10.7 Å². The molecular weight excluding hydrogens is 265 g/mol. The Hall–Kier alpha value is -1.58. The second-order valence-electron chi connectivity index (χ2n) is 4.60. The first-order valence-electron chi connectivity index (χ1n) is 5.95. The number of nitrogens with one attached hydrogen (secondary N) is 1. The molecule has 2 aromatic rings. The lowest BCUT2D eigenvalue weighted by Gasteiger charge is -2.30. The van der Waals surface area contributed by atoms with Gasteiger partial charge in [-0.05, 0) is 36.8 Å². The first-order chi connectivity index (χ1) is 9.05. The van der Waals surface area contributed by atoms with Gasteiger partial charge in [0, 0.05) is 5.02 Å². The highest BCUT2D eigenvalue weighted by Crippen LogP contribution is 2.28. The Morgan fingerprint density at radius 3 is 2.37 bits per heavy atom. The Bertz CT molecular complexity index is 558. The van der Waals surface area contributed by atoms with Gasteiger partial charge < -0.3 is 10.4 Å². The third kappa shape index (κ3) is 3.06. The Morgan fingerprint density at radius 2 is 1.79 bits per heavy atom. The molecule has 0 amide bonds. The van der Waals surface area contributed by atoms with Crippen LogP contribution in [0, 0.1) is 5.82 Å². The fourth-order valence-corrected chi connectivity index (χ4v) is 2.01. The molecule has 2 nitrogen and oxygen atoms in total. The molecule has 0 saturated heterocycles. The van der Waals surface area contributed by atoms with Crippen LogP contribution in [0.3, 0.4) is 0 Å². The maximum Gasteiger partial charge on any atom is 0.146 e. The van der Waals surface area contributed by atoms with E-state index in [4.69, 9.17) is 11.6 Å². The van der Waals surface area contributed by atoms with Crippen LogP contribution in [0.2, 0.25) is 5.02 Å². The summed E-state index contributed by atoms with van der Waals surface area (Å²) in [5, 5.41) is 13.3. The van der Waals surface area contributed by atoms with Crippen molar-refractivity contribution in [2.45, 2.75) is 12.5 Å². The zero-order valence-electron chi connectivity index (χ0n) is 10.5. The number of rotatable bonds is 4. The van der Waals surface area contributed by atoms with Gasteiger partial charge in [0.25, 0.3) is 0 Å². The molecule has 2 rings (SSSR count). The van der Waals surface area contributed by atoms with E-state index in [0.717, 1.165) is 5.56 Å². The van der Waals surface area contributed by atoms with Crippen LogP contribution in [0.1, 0.15) is 12.5 Å². The molecule has 0 heterocycles. The number of halogens is 2. The number of anilines is 1. The number of hydrogen-bond donors (Lipinski definition) is 2. The van der Waals surface area contributed by atoms with Crippen molar-refractivity contribution < 1.29 is 9.50 Å². The minimum atomic E-state index is -0.771. The van der Waals surface area contributed by atoms with E-state index >= 15 is 0 Å². The first kappa shape index (κ1) is 13.8. The summed E-state index contributed by atoms with van der Waals surface area (Å²) in [6.07, 6.45) is 0. The molecule has 1 atom stereocenters. The number of benzene rings is 2. The fourth-order valence-electron chi connectivity index (χ4n) is 1.88. The average Bonchev–Trinajstić information content (AvgIpc) is 2.42. The summed E-state index contributed by atoms with van der Waals surface area (Å²) in [6.45, 7) is 1.64. The van der Waals surface area contributed by atoms with Crippen LogP contribution in [0.15, 0.2) is 48.5 Å². The van der Waals surface area contributed by atoms with Crippen molar-refractivity contribution in [1.82, 2.24) is 0 Å². The van der Waals surface area contributed by atoms with E-state index in [1.807, 2.05) is 19.1 Å². The van der Waals surface area contributed by atoms with E-state index in [-0.39, 0.29) is 12.4 Å². The molecular formula is C15H15ClFNO. The summed E-state index contributed by atoms with van der Waals surface area (Å²) in [7, 11) is 0. The van der Waals surface area contributed by atoms with Gasteiger partial charge in [0.05, 0.1) is 17.8 Å². The van der Waals surface area contributed by atoms with Crippen LogP contribution in [0.5, 0.6) is 0 Å². The van der Waals surface area contributed by atoms with Gasteiger partial charge in [0.1, 0.15) is 5.82 Å². The van der Waals surface area contributed by atoms with Gasteiger partial charge in [-0.1, -0.05) is 35.9 Å². The monoisotopic (exact) mass is 279 g/mol. The lowest BCUT2D eigenvalue weighted by molar-refractivity contribution is 0.223. The molecule has 100 valence electrons.